The number of halogens is 6. The summed E-state index contributed by atoms with van der Waals surface area (Å²) in [4.78, 5) is 58.4. The van der Waals surface area contributed by atoms with Crippen molar-refractivity contribution >= 4 is 127 Å². The molecular formula is C75H87Cl6N19O4. The molecule has 104 heavy (non-hydrogen) atoms. The smallest absolute Gasteiger partial charge is 0.309 e. The third kappa shape index (κ3) is 14.2. The number of carboxylic acid groups (broad SMARTS) is 1. The summed E-state index contributed by atoms with van der Waals surface area (Å²) < 4.78 is 5.66. The number of likely N-dealkylation sites (tertiary alicyclic amines) is 3. The van der Waals surface area contributed by atoms with E-state index in [1.807, 2.05) is 77.4 Å². The lowest BCUT2D eigenvalue weighted by Crippen LogP contribution is -2.55. The molecule has 3 N–H and O–H groups in total. The van der Waals surface area contributed by atoms with Gasteiger partial charge in [0.05, 0.1) is 60.6 Å². The second-order valence-corrected chi connectivity index (χ2v) is 32.5. The number of carboxylic acids is 1. The molecule has 9 aromatic rings. The topological polar surface area (TPSA) is 252 Å². The van der Waals surface area contributed by atoms with Gasteiger partial charge >= 0.3 is 5.97 Å². The Morgan fingerprint density at radius 3 is 1.61 bits per heavy atom. The SMILES string of the molecule is Cc1nn(C(C)c2ccc(Cl)cc2Cl)c2nc(N3CC[C@H](N4CC(CC(c5ccc(Cl)cc5Cl)n5nc(C)c6ncc(N7CCC(N8CC(CC(c9ccc(Cl)cc9Cl)n9nc(C#N)c%10ncc(N%11CC[C@H](N%12CCCCC%12)[C@H](CO)C%11)nc%109)C[C@H]8C)[C@H](C(=O)O)C7)nc65)CC4CO)[C@H](C)C3)cnc12. The van der Waals surface area contributed by atoms with Gasteiger partial charge in [-0.2, -0.15) is 20.6 Å². The van der Waals surface area contributed by atoms with Crippen LogP contribution in [0.1, 0.15) is 137 Å². The fourth-order valence-corrected chi connectivity index (χ4v) is 20.1. The molecule has 6 fully saturated rings. The number of aliphatic hydroxyl groups excluding tert-OH is 2. The molecule has 7 unspecified atom stereocenters. The molecule has 6 saturated heterocycles. The van der Waals surface area contributed by atoms with E-state index in [2.05, 4.69) is 49.3 Å². The Labute approximate surface area is 635 Å². The summed E-state index contributed by atoms with van der Waals surface area (Å²) in [5.74, 6) is 0.768. The molecular weight excluding hydrogens is 1440 g/mol. The Kier molecular flexibility index (Phi) is 21.3. The van der Waals surface area contributed by atoms with Crippen molar-refractivity contribution in [2.75, 3.05) is 93.4 Å². The van der Waals surface area contributed by atoms with Crippen LogP contribution in [0.5, 0.6) is 0 Å². The molecule has 15 rings (SSSR count). The van der Waals surface area contributed by atoms with E-state index in [1.54, 1.807) is 30.6 Å². The molecule has 13 atom stereocenters. The Morgan fingerprint density at radius 2 is 1.06 bits per heavy atom. The van der Waals surface area contributed by atoms with Gasteiger partial charge < -0.3 is 30.0 Å². The normalized spacial score (nSPS) is 25.6. The van der Waals surface area contributed by atoms with Crippen molar-refractivity contribution in [1.29, 1.82) is 5.26 Å². The number of nitriles is 1. The molecule has 0 radical (unpaired) electrons. The Bertz CT molecular complexity index is 4720. The molecule has 3 aromatic carbocycles. The summed E-state index contributed by atoms with van der Waals surface area (Å²) in [6.45, 7) is 17.5. The first-order chi connectivity index (χ1) is 50.2. The molecule has 23 nitrogen and oxygen atoms in total. The largest absolute Gasteiger partial charge is 0.481 e. The summed E-state index contributed by atoms with van der Waals surface area (Å²) in [6, 6.07) is 17.9. The van der Waals surface area contributed by atoms with Crippen LogP contribution in [0.3, 0.4) is 0 Å². The number of hydrogen-bond acceptors (Lipinski definition) is 19. The van der Waals surface area contributed by atoms with Crippen LogP contribution in [0.15, 0.2) is 73.2 Å². The lowest BCUT2D eigenvalue weighted by Gasteiger charge is -2.45. The first-order valence-electron chi connectivity index (χ1n) is 36.6. The summed E-state index contributed by atoms with van der Waals surface area (Å²) in [6.07, 6.45) is 13.9. The maximum Gasteiger partial charge on any atom is 0.309 e. The highest BCUT2D eigenvalue weighted by Crippen LogP contribution is 2.45. The Balaban J connectivity index is 0.650. The van der Waals surface area contributed by atoms with E-state index in [4.69, 9.17) is 115 Å². The molecule has 6 aliphatic rings. The second-order valence-electron chi connectivity index (χ2n) is 30.0. The fourth-order valence-electron chi connectivity index (χ4n) is 18.4. The van der Waals surface area contributed by atoms with Gasteiger partial charge in [0.1, 0.15) is 40.1 Å². The van der Waals surface area contributed by atoms with Gasteiger partial charge in [-0.3, -0.25) is 19.5 Å². The van der Waals surface area contributed by atoms with E-state index in [0.717, 1.165) is 98.7 Å². The Hall–Kier alpha value is -6.79. The number of aliphatic carboxylic acids is 1. The predicted octanol–water partition coefficient (Wildman–Crippen LogP) is 13.0. The monoisotopic (exact) mass is 1530 g/mol. The molecule has 6 aliphatic heterocycles. The number of piperidine rings is 4. The molecule has 0 amide bonds. The average molecular weight is 1530 g/mol. The van der Waals surface area contributed by atoms with E-state index >= 15 is 0 Å². The number of benzene rings is 3. The zero-order chi connectivity index (χ0) is 72.5. The number of anilines is 3. The summed E-state index contributed by atoms with van der Waals surface area (Å²) in [5.41, 5.74) is 7.60. The number of fused-ring (bicyclic) bond motifs is 3. The lowest BCUT2D eigenvalue weighted by atomic mass is 9.90. The van der Waals surface area contributed by atoms with Gasteiger partial charge in [-0.05, 0) is 169 Å². The van der Waals surface area contributed by atoms with Crippen molar-refractivity contribution in [3.05, 3.63) is 137 Å². The van der Waals surface area contributed by atoms with Crippen LogP contribution in [0.4, 0.5) is 17.5 Å². The van der Waals surface area contributed by atoms with Crippen LogP contribution < -0.4 is 14.7 Å². The first kappa shape index (κ1) is 72.8. The minimum atomic E-state index is -0.888. The third-order valence-corrected chi connectivity index (χ3v) is 25.3. The van der Waals surface area contributed by atoms with Gasteiger partial charge in [-0.1, -0.05) is 101 Å². The molecule has 548 valence electrons. The van der Waals surface area contributed by atoms with Gasteiger partial charge in [0.15, 0.2) is 22.6 Å². The maximum atomic E-state index is 13.8. The van der Waals surface area contributed by atoms with Crippen molar-refractivity contribution in [3.8, 4) is 6.07 Å². The van der Waals surface area contributed by atoms with Gasteiger partial charge in [-0.15, -0.1) is 0 Å². The van der Waals surface area contributed by atoms with Crippen LogP contribution in [0.25, 0.3) is 33.5 Å². The number of hydrogen-bond donors (Lipinski definition) is 3. The van der Waals surface area contributed by atoms with Gasteiger partial charge in [0.2, 0.25) is 0 Å². The summed E-state index contributed by atoms with van der Waals surface area (Å²) in [7, 11) is 0. The van der Waals surface area contributed by atoms with E-state index in [9.17, 15) is 25.4 Å². The molecule has 12 heterocycles. The predicted molar refractivity (Wildman–Crippen MR) is 407 cm³/mol. The molecule has 0 bridgehead atoms. The highest BCUT2D eigenvalue weighted by molar-refractivity contribution is 6.36. The van der Waals surface area contributed by atoms with Crippen LogP contribution in [0.2, 0.25) is 30.1 Å². The zero-order valence-electron chi connectivity index (χ0n) is 59.0. The number of aliphatic hydroxyl groups is 2. The van der Waals surface area contributed by atoms with Crippen molar-refractivity contribution < 1.29 is 20.1 Å². The number of nitrogens with zero attached hydrogens (tertiary/aromatic N) is 19. The van der Waals surface area contributed by atoms with E-state index in [0.29, 0.717) is 120 Å². The Morgan fingerprint density at radius 1 is 0.567 bits per heavy atom. The lowest BCUT2D eigenvalue weighted by molar-refractivity contribution is -0.144. The number of aryl methyl sites for hydroxylation is 2. The van der Waals surface area contributed by atoms with Gasteiger partial charge in [0, 0.05) is 125 Å². The number of aromatic nitrogens is 12. The van der Waals surface area contributed by atoms with Crippen LogP contribution in [-0.4, -0.2) is 204 Å². The van der Waals surface area contributed by atoms with Crippen LogP contribution in [0, 0.1) is 54.8 Å². The summed E-state index contributed by atoms with van der Waals surface area (Å²) >= 11 is 40.5. The molecule has 29 heteroatoms. The van der Waals surface area contributed by atoms with Crippen LogP contribution in [-0.2, 0) is 4.79 Å². The minimum absolute atomic E-state index is 0.0135. The van der Waals surface area contributed by atoms with Crippen molar-refractivity contribution in [2.45, 2.75) is 147 Å². The van der Waals surface area contributed by atoms with Gasteiger partial charge in [0.25, 0.3) is 0 Å². The number of carbonyl (C=O) groups is 1. The average Bonchev–Trinajstić information content (AvgIpc) is 1.62. The molecule has 6 aromatic heterocycles. The first-order valence-corrected chi connectivity index (χ1v) is 38.9. The second kappa shape index (κ2) is 30.5. The van der Waals surface area contributed by atoms with E-state index in [-0.39, 0.29) is 79.3 Å². The molecule has 0 aliphatic carbocycles. The van der Waals surface area contributed by atoms with Crippen molar-refractivity contribution in [1.82, 2.24) is 73.9 Å². The standard InChI is InChI=1S/C75H87Cl6N19O4/c1-41-34-93(66-31-83-69-43(3)89-98(72(69)86-66)45(5)53-12-9-49(76)27-57(53)79)20-15-61(41)97-36-47(24-52(97)40-102)26-64(54-13-10-50(77)28-58(54)80)99-73-70(44(4)90-99)84-32-68(87-73)95-22-17-63(56(38-95)75(103)104)96-35-46(23-42(96)2)25-65(55-14-11-51(78)29-59(55)81)100-74-71(60(30-82)91-100)85-33-67(88-74)94-21-16-62(48(37-94)39-101)92-18-7-6-8-19-92/h9-14,27-29,31-33,41-42,45-48,52,56,61-65,101-102H,6-8,15-26,34-40H2,1-5H3,(H,103,104)/t41-,42-,45?,46?,47?,48+,52?,56-,61+,62+,63?,64?,65?/m1/s1. The highest BCUT2D eigenvalue weighted by atomic mass is 35.5. The molecule has 0 spiro atoms. The molecule has 0 saturated carbocycles. The minimum Gasteiger partial charge on any atom is -0.481 e. The van der Waals surface area contributed by atoms with E-state index < -0.39 is 24.0 Å². The van der Waals surface area contributed by atoms with Crippen molar-refractivity contribution in [3.63, 3.8) is 0 Å². The zero-order valence-corrected chi connectivity index (χ0v) is 63.5. The quantitative estimate of drug-likeness (QED) is 0.0680. The van der Waals surface area contributed by atoms with E-state index in [1.165, 1.54) is 19.3 Å². The van der Waals surface area contributed by atoms with Crippen LogP contribution >= 0.6 is 69.6 Å². The third-order valence-electron chi connectivity index (χ3n) is 23.6. The highest BCUT2D eigenvalue weighted by Gasteiger charge is 2.46. The fraction of sp³-hybridized carbons (Fsp3) is 0.533. The maximum absolute atomic E-state index is 13.8. The number of rotatable bonds is 19. The van der Waals surface area contributed by atoms with Gasteiger partial charge in [-0.25, -0.2) is 43.9 Å². The summed E-state index contributed by atoms with van der Waals surface area (Å²) in [5, 5.41) is 61.9. The van der Waals surface area contributed by atoms with Crippen molar-refractivity contribution in [2.24, 2.45) is 29.6 Å².